The van der Waals surface area contributed by atoms with Crippen LogP contribution in [0.5, 0.6) is 0 Å². The minimum Gasteiger partial charge on any atom is -0.472 e. The Balaban J connectivity index is 1.29. The van der Waals surface area contributed by atoms with Crippen molar-refractivity contribution in [2.45, 2.75) is 12.3 Å². The summed E-state index contributed by atoms with van der Waals surface area (Å²) in [7, 11) is 0. The average Bonchev–Trinajstić information content (AvgIpc) is 3.15. The predicted octanol–water partition coefficient (Wildman–Crippen LogP) is 3.19. The summed E-state index contributed by atoms with van der Waals surface area (Å²) in [6.07, 6.45) is 0.847. The highest BCUT2D eigenvalue weighted by molar-refractivity contribution is 5.87. The number of carboxylic acid groups (broad SMARTS) is 1. The number of hydrogen-bond donors (Lipinski definition) is 3. The monoisotopic (exact) mass is 455 g/mol. The van der Waals surface area contributed by atoms with Gasteiger partial charge in [0.25, 0.3) is 0 Å². The number of carbonyl (C=O) groups is 3. The third kappa shape index (κ3) is 5.40. The van der Waals surface area contributed by atoms with E-state index in [-0.39, 0.29) is 31.4 Å². The van der Waals surface area contributed by atoms with Crippen LogP contribution < -0.4 is 10.6 Å². The fraction of sp³-hybridized carbons (Fsp3) is 0.154. The number of benzene rings is 2. The Labute approximate surface area is 196 Å². The van der Waals surface area contributed by atoms with E-state index in [1.54, 1.807) is 12.1 Å². The van der Waals surface area contributed by atoms with E-state index in [1.165, 1.54) is 6.20 Å². The number of hydrogen-bond acceptors (Lipinski definition) is 5. The molecule has 1 aliphatic carbocycles. The lowest BCUT2D eigenvalue weighted by atomic mass is 9.98. The Morgan fingerprint density at radius 1 is 0.971 bits per heavy atom. The maximum absolute atomic E-state index is 12.4. The van der Waals surface area contributed by atoms with E-state index in [9.17, 15) is 14.4 Å². The number of nitrogens with one attached hydrogen (secondary N) is 2. The highest BCUT2D eigenvalue weighted by atomic mass is 16.5. The van der Waals surface area contributed by atoms with Gasteiger partial charge in [-0.25, -0.2) is 9.59 Å². The Kier molecular flexibility index (Phi) is 6.84. The molecule has 4 rings (SSSR count). The van der Waals surface area contributed by atoms with E-state index in [2.05, 4.69) is 45.8 Å². The van der Waals surface area contributed by atoms with Gasteiger partial charge in [-0.05, 0) is 34.4 Å². The van der Waals surface area contributed by atoms with Crippen LogP contribution in [0.25, 0.3) is 11.1 Å². The van der Waals surface area contributed by atoms with Gasteiger partial charge in [0.1, 0.15) is 6.61 Å². The fourth-order valence-electron chi connectivity index (χ4n) is 3.84. The van der Waals surface area contributed by atoms with Crippen molar-refractivity contribution in [1.29, 1.82) is 0 Å². The van der Waals surface area contributed by atoms with E-state index in [0.29, 0.717) is 11.4 Å². The summed E-state index contributed by atoms with van der Waals surface area (Å²) in [5.74, 6) is 2.60. The van der Waals surface area contributed by atoms with Crippen molar-refractivity contribution in [1.82, 2.24) is 10.3 Å². The average molecular weight is 455 g/mol. The van der Waals surface area contributed by atoms with Crippen LogP contribution in [0, 0.1) is 11.8 Å². The smallest absolute Gasteiger partial charge is 0.411 e. The van der Waals surface area contributed by atoms with E-state index in [0.717, 1.165) is 22.3 Å². The van der Waals surface area contributed by atoms with Gasteiger partial charge in [0.15, 0.2) is 0 Å². The number of carboxylic acids is 1. The van der Waals surface area contributed by atoms with Gasteiger partial charge in [-0.15, -0.1) is 0 Å². The lowest BCUT2D eigenvalue weighted by Gasteiger charge is -2.14. The van der Waals surface area contributed by atoms with Crippen LogP contribution in [0.3, 0.4) is 0 Å². The molecule has 0 bridgehead atoms. The van der Waals surface area contributed by atoms with Crippen molar-refractivity contribution in [2.24, 2.45) is 0 Å². The number of aromatic nitrogens is 1. The number of pyridine rings is 1. The zero-order valence-corrected chi connectivity index (χ0v) is 18.1. The largest absolute Gasteiger partial charge is 0.472 e. The Morgan fingerprint density at radius 2 is 1.65 bits per heavy atom. The molecular formula is C26H21N3O5. The SMILES string of the molecule is O=C(O)C#CCNC(=O)Cc1ccc(NC(=O)OCC2c3ccccc3-c3ccccc32)cn1. The van der Waals surface area contributed by atoms with Crippen LogP contribution in [0.15, 0.2) is 66.9 Å². The topological polar surface area (TPSA) is 118 Å². The Hall–Kier alpha value is -4.64. The number of amides is 2. The van der Waals surface area contributed by atoms with Gasteiger partial charge in [0, 0.05) is 17.5 Å². The van der Waals surface area contributed by atoms with Gasteiger partial charge >= 0.3 is 12.1 Å². The predicted molar refractivity (Wildman–Crippen MR) is 125 cm³/mol. The summed E-state index contributed by atoms with van der Waals surface area (Å²) >= 11 is 0. The molecule has 0 unspecified atom stereocenters. The third-order valence-corrected chi connectivity index (χ3v) is 5.33. The highest BCUT2D eigenvalue weighted by Gasteiger charge is 2.29. The van der Waals surface area contributed by atoms with Gasteiger partial charge in [-0.2, -0.15) is 0 Å². The molecule has 1 aromatic heterocycles. The lowest BCUT2D eigenvalue weighted by molar-refractivity contribution is -0.130. The Morgan fingerprint density at radius 3 is 2.26 bits per heavy atom. The van der Waals surface area contributed by atoms with Crippen LogP contribution >= 0.6 is 0 Å². The van der Waals surface area contributed by atoms with Crippen molar-refractivity contribution in [3.05, 3.63) is 83.7 Å². The van der Waals surface area contributed by atoms with Gasteiger partial charge in [-0.3, -0.25) is 15.1 Å². The van der Waals surface area contributed by atoms with E-state index in [4.69, 9.17) is 9.84 Å². The van der Waals surface area contributed by atoms with Gasteiger partial charge < -0.3 is 15.2 Å². The second kappa shape index (κ2) is 10.3. The van der Waals surface area contributed by atoms with Crippen LogP contribution in [0.2, 0.25) is 0 Å². The summed E-state index contributed by atoms with van der Waals surface area (Å²) in [5.41, 5.74) is 5.51. The number of nitrogens with zero attached hydrogens (tertiary/aromatic N) is 1. The molecule has 0 saturated heterocycles. The molecule has 0 fully saturated rings. The minimum absolute atomic E-state index is 0.0000240. The highest BCUT2D eigenvalue weighted by Crippen LogP contribution is 2.44. The number of aliphatic carboxylic acids is 1. The second-order valence-electron chi connectivity index (χ2n) is 7.55. The molecule has 3 aromatic rings. The lowest BCUT2D eigenvalue weighted by Crippen LogP contribution is -2.25. The summed E-state index contributed by atoms with van der Waals surface area (Å²) < 4.78 is 5.51. The third-order valence-electron chi connectivity index (χ3n) is 5.33. The van der Waals surface area contributed by atoms with Gasteiger partial charge in [-0.1, -0.05) is 54.5 Å². The summed E-state index contributed by atoms with van der Waals surface area (Å²) in [5, 5.41) is 13.6. The molecule has 1 aliphatic rings. The zero-order valence-electron chi connectivity index (χ0n) is 18.1. The van der Waals surface area contributed by atoms with Crippen molar-refractivity contribution in [2.75, 3.05) is 18.5 Å². The maximum atomic E-state index is 12.4. The van der Waals surface area contributed by atoms with Crippen LogP contribution in [-0.2, 0) is 20.7 Å². The minimum atomic E-state index is -1.25. The first-order chi connectivity index (χ1) is 16.5. The maximum Gasteiger partial charge on any atom is 0.411 e. The standard InChI is InChI=1S/C26H21N3O5/c30-24(27-13-5-10-25(31)32)14-17-11-12-18(15-28-17)29-26(33)34-16-23-21-8-3-1-6-19(21)20-7-2-4-9-22(20)23/h1-4,6-9,11-12,15,23H,13-14,16H2,(H,27,30)(H,29,33)(H,31,32). The molecule has 0 atom stereocenters. The van der Waals surface area contributed by atoms with Crippen molar-refractivity contribution >= 4 is 23.7 Å². The molecule has 0 spiro atoms. The number of carbonyl (C=O) groups excluding carboxylic acids is 2. The Bertz CT molecular complexity index is 1250. The number of ether oxygens (including phenoxy) is 1. The molecule has 0 aliphatic heterocycles. The molecule has 170 valence electrons. The molecule has 1 heterocycles. The van der Waals surface area contributed by atoms with Crippen LogP contribution in [0.1, 0.15) is 22.7 Å². The quantitative estimate of drug-likeness (QED) is 0.492. The van der Waals surface area contributed by atoms with E-state index in [1.807, 2.05) is 30.2 Å². The first-order valence-electron chi connectivity index (χ1n) is 10.6. The second-order valence-corrected chi connectivity index (χ2v) is 7.55. The molecule has 2 amide bonds. The number of rotatable bonds is 6. The summed E-state index contributed by atoms with van der Waals surface area (Å²) in [6.45, 7) is 0.142. The number of anilines is 1. The van der Waals surface area contributed by atoms with Crippen molar-refractivity contribution in [3.8, 4) is 23.0 Å². The van der Waals surface area contributed by atoms with Gasteiger partial charge in [0.2, 0.25) is 5.91 Å². The van der Waals surface area contributed by atoms with Crippen molar-refractivity contribution < 1.29 is 24.2 Å². The molecule has 0 radical (unpaired) electrons. The normalized spacial score (nSPS) is 11.4. The fourth-order valence-corrected chi connectivity index (χ4v) is 3.84. The van der Waals surface area contributed by atoms with Crippen LogP contribution in [0.4, 0.5) is 10.5 Å². The molecular weight excluding hydrogens is 434 g/mol. The van der Waals surface area contributed by atoms with Crippen molar-refractivity contribution in [3.63, 3.8) is 0 Å². The summed E-state index contributed by atoms with van der Waals surface area (Å²) in [6, 6.07) is 19.5. The van der Waals surface area contributed by atoms with E-state index < -0.39 is 12.1 Å². The van der Waals surface area contributed by atoms with Gasteiger partial charge in [0.05, 0.1) is 24.8 Å². The molecule has 0 saturated carbocycles. The molecule has 8 heteroatoms. The van der Waals surface area contributed by atoms with E-state index >= 15 is 0 Å². The molecule has 3 N–H and O–H groups in total. The van der Waals surface area contributed by atoms with Crippen LogP contribution in [-0.4, -0.2) is 41.2 Å². The summed E-state index contributed by atoms with van der Waals surface area (Å²) in [4.78, 5) is 38.7. The first kappa shape index (κ1) is 22.6. The number of fused-ring (bicyclic) bond motifs is 3. The first-order valence-corrected chi connectivity index (χ1v) is 10.6. The molecule has 34 heavy (non-hydrogen) atoms. The molecule has 2 aromatic carbocycles. The molecule has 8 nitrogen and oxygen atoms in total. The zero-order chi connectivity index (χ0) is 23.9.